The fourth-order valence-corrected chi connectivity index (χ4v) is 2.65. The van der Waals surface area contributed by atoms with Gasteiger partial charge in [-0.15, -0.1) is 0 Å². The van der Waals surface area contributed by atoms with Crippen LogP contribution in [0.3, 0.4) is 0 Å². The molecule has 0 saturated carbocycles. The van der Waals surface area contributed by atoms with Crippen LogP contribution in [0.4, 0.5) is 0 Å². The molecule has 0 spiro atoms. The van der Waals surface area contributed by atoms with Crippen molar-refractivity contribution in [3.63, 3.8) is 0 Å². The van der Waals surface area contributed by atoms with Crippen molar-refractivity contribution in [2.24, 2.45) is 0 Å². The van der Waals surface area contributed by atoms with E-state index in [0.717, 1.165) is 27.6 Å². The van der Waals surface area contributed by atoms with Crippen molar-refractivity contribution in [2.75, 3.05) is 6.61 Å². The summed E-state index contributed by atoms with van der Waals surface area (Å²) in [5.41, 5.74) is 2.48. The average Bonchev–Trinajstić information content (AvgIpc) is 2.61. The lowest BCUT2D eigenvalue weighted by molar-refractivity contribution is 0.340. The molecular formula is C21H17NO. The molecule has 3 aromatic carbocycles. The highest BCUT2D eigenvalue weighted by molar-refractivity contribution is 6.00. The van der Waals surface area contributed by atoms with Gasteiger partial charge in [0.05, 0.1) is 18.2 Å². The van der Waals surface area contributed by atoms with Crippen LogP contribution in [0.1, 0.15) is 18.1 Å². The van der Waals surface area contributed by atoms with Gasteiger partial charge in [0.1, 0.15) is 5.75 Å². The van der Waals surface area contributed by atoms with Gasteiger partial charge in [-0.25, -0.2) is 0 Å². The molecule has 0 unspecified atom stereocenters. The van der Waals surface area contributed by atoms with Crippen LogP contribution >= 0.6 is 0 Å². The average molecular weight is 299 g/mol. The van der Waals surface area contributed by atoms with Crippen LogP contribution in [-0.4, -0.2) is 6.61 Å². The van der Waals surface area contributed by atoms with Crippen molar-refractivity contribution in [3.8, 4) is 11.8 Å². The van der Waals surface area contributed by atoms with Gasteiger partial charge in [-0.2, -0.15) is 5.26 Å². The van der Waals surface area contributed by atoms with Gasteiger partial charge in [0, 0.05) is 5.56 Å². The van der Waals surface area contributed by atoms with E-state index in [0.29, 0.717) is 12.2 Å². The van der Waals surface area contributed by atoms with E-state index in [2.05, 4.69) is 18.2 Å². The third kappa shape index (κ3) is 3.09. The van der Waals surface area contributed by atoms with E-state index in [-0.39, 0.29) is 0 Å². The molecule has 0 fully saturated rings. The molecule has 23 heavy (non-hydrogen) atoms. The van der Waals surface area contributed by atoms with E-state index < -0.39 is 0 Å². The summed E-state index contributed by atoms with van der Waals surface area (Å²) in [6.07, 6.45) is 1.92. The molecule has 0 bridgehead atoms. The van der Waals surface area contributed by atoms with Gasteiger partial charge in [0.2, 0.25) is 0 Å². The van der Waals surface area contributed by atoms with Gasteiger partial charge in [-0.3, -0.25) is 0 Å². The summed E-state index contributed by atoms with van der Waals surface area (Å²) >= 11 is 0. The van der Waals surface area contributed by atoms with E-state index >= 15 is 0 Å². The Kier molecular flexibility index (Phi) is 4.40. The lowest BCUT2D eigenvalue weighted by Crippen LogP contribution is -1.95. The van der Waals surface area contributed by atoms with E-state index in [1.807, 2.05) is 67.6 Å². The maximum absolute atomic E-state index is 9.57. The maximum atomic E-state index is 9.57. The van der Waals surface area contributed by atoms with E-state index in [1.54, 1.807) is 0 Å². The molecule has 3 aromatic rings. The number of hydrogen-bond donors (Lipinski definition) is 0. The van der Waals surface area contributed by atoms with Gasteiger partial charge in [-0.1, -0.05) is 60.7 Å². The molecule has 0 aliphatic heterocycles. The Morgan fingerprint density at radius 2 is 1.74 bits per heavy atom. The van der Waals surface area contributed by atoms with Gasteiger partial charge in [-0.05, 0) is 35.4 Å². The highest BCUT2D eigenvalue weighted by atomic mass is 16.5. The van der Waals surface area contributed by atoms with Gasteiger partial charge in [0.25, 0.3) is 0 Å². The highest BCUT2D eigenvalue weighted by Crippen LogP contribution is 2.31. The van der Waals surface area contributed by atoms with Crippen LogP contribution in [0, 0.1) is 11.3 Å². The smallest absolute Gasteiger partial charge is 0.127 e. The summed E-state index contributed by atoms with van der Waals surface area (Å²) in [4.78, 5) is 0. The number of benzene rings is 3. The monoisotopic (exact) mass is 299 g/mol. The summed E-state index contributed by atoms with van der Waals surface area (Å²) in [6, 6.07) is 24.2. The molecule has 2 heteroatoms. The first-order chi connectivity index (χ1) is 11.3. The van der Waals surface area contributed by atoms with Crippen molar-refractivity contribution in [1.29, 1.82) is 5.26 Å². The van der Waals surface area contributed by atoms with E-state index in [4.69, 9.17) is 4.74 Å². The second-order valence-corrected chi connectivity index (χ2v) is 5.17. The Morgan fingerprint density at radius 3 is 2.48 bits per heavy atom. The number of ether oxygens (including phenoxy) is 1. The van der Waals surface area contributed by atoms with Crippen molar-refractivity contribution in [2.45, 2.75) is 6.92 Å². The van der Waals surface area contributed by atoms with Crippen LogP contribution in [0.15, 0.2) is 66.7 Å². The zero-order valence-electron chi connectivity index (χ0n) is 13.0. The van der Waals surface area contributed by atoms with Gasteiger partial charge in [0.15, 0.2) is 0 Å². The lowest BCUT2D eigenvalue weighted by atomic mass is 9.98. The maximum Gasteiger partial charge on any atom is 0.127 e. The summed E-state index contributed by atoms with van der Waals surface area (Å²) in [5, 5.41) is 11.8. The highest BCUT2D eigenvalue weighted by Gasteiger charge is 2.09. The summed E-state index contributed by atoms with van der Waals surface area (Å²) in [5.74, 6) is 0.801. The fourth-order valence-electron chi connectivity index (χ4n) is 2.65. The zero-order chi connectivity index (χ0) is 16.1. The summed E-state index contributed by atoms with van der Waals surface area (Å²) in [6.45, 7) is 2.55. The van der Waals surface area contributed by atoms with Crippen molar-refractivity contribution >= 4 is 22.4 Å². The molecule has 0 aliphatic carbocycles. The number of nitriles is 1. The van der Waals surface area contributed by atoms with Crippen LogP contribution < -0.4 is 4.74 Å². The normalized spacial score (nSPS) is 11.2. The number of nitrogens with zero attached hydrogens (tertiary/aromatic N) is 1. The van der Waals surface area contributed by atoms with Crippen molar-refractivity contribution in [3.05, 3.63) is 77.9 Å². The second-order valence-electron chi connectivity index (χ2n) is 5.17. The summed E-state index contributed by atoms with van der Waals surface area (Å²) < 4.78 is 5.77. The molecule has 0 saturated heterocycles. The number of allylic oxidation sites excluding steroid dienone is 1. The van der Waals surface area contributed by atoms with Crippen LogP contribution in [0.5, 0.6) is 5.75 Å². The minimum Gasteiger partial charge on any atom is -0.493 e. The Hall–Kier alpha value is -3.05. The molecule has 3 rings (SSSR count). The van der Waals surface area contributed by atoms with E-state index in [1.165, 1.54) is 0 Å². The Labute approximate surface area is 136 Å². The first-order valence-electron chi connectivity index (χ1n) is 7.65. The Balaban J connectivity index is 2.23. The van der Waals surface area contributed by atoms with Crippen LogP contribution in [-0.2, 0) is 0 Å². The standard InChI is InChI=1S/C21H17NO/c1-2-23-21-13-12-17-10-6-7-11-19(17)20(21)14-18(15-22)16-8-4-3-5-9-16/h3-14H,2H2,1H3/b18-14+. The number of rotatable bonds is 4. The van der Waals surface area contributed by atoms with Gasteiger partial charge >= 0.3 is 0 Å². The lowest BCUT2D eigenvalue weighted by Gasteiger charge is -2.11. The Morgan fingerprint density at radius 1 is 1.00 bits per heavy atom. The van der Waals surface area contributed by atoms with E-state index in [9.17, 15) is 5.26 Å². The molecule has 0 atom stereocenters. The first-order valence-corrected chi connectivity index (χ1v) is 7.65. The molecule has 112 valence electrons. The molecular weight excluding hydrogens is 282 g/mol. The topological polar surface area (TPSA) is 33.0 Å². The van der Waals surface area contributed by atoms with Crippen molar-refractivity contribution < 1.29 is 4.74 Å². The number of fused-ring (bicyclic) bond motifs is 1. The molecule has 2 nitrogen and oxygen atoms in total. The molecule has 0 aromatic heterocycles. The molecule has 0 N–H and O–H groups in total. The summed E-state index contributed by atoms with van der Waals surface area (Å²) in [7, 11) is 0. The SMILES string of the molecule is CCOc1ccc2ccccc2c1/C=C(\C#N)c1ccccc1. The van der Waals surface area contributed by atoms with Gasteiger partial charge < -0.3 is 4.74 Å². The largest absolute Gasteiger partial charge is 0.493 e. The predicted octanol–water partition coefficient (Wildman–Crippen LogP) is 5.30. The predicted molar refractivity (Wildman–Crippen MR) is 95.0 cm³/mol. The van der Waals surface area contributed by atoms with Crippen LogP contribution in [0.2, 0.25) is 0 Å². The molecule has 0 aliphatic rings. The Bertz CT molecular complexity index is 889. The number of hydrogen-bond acceptors (Lipinski definition) is 2. The third-order valence-corrected chi connectivity index (χ3v) is 3.72. The van der Waals surface area contributed by atoms with Crippen molar-refractivity contribution in [1.82, 2.24) is 0 Å². The zero-order valence-corrected chi connectivity index (χ0v) is 13.0. The van der Waals surface area contributed by atoms with Crippen LogP contribution in [0.25, 0.3) is 22.4 Å². The second kappa shape index (κ2) is 6.81. The molecule has 0 heterocycles. The quantitative estimate of drug-likeness (QED) is 0.483. The third-order valence-electron chi connectivity index (χ3n) is 3.72. The fraction of sp³-hybridized carbons (Fsp3) is 0.0952. The minimum atomic E-state index is 0.590. The molecule has 0 radical (unpaired) electrons. The minimum absolute atomic E-state index is 0.590. The molecule has 0 amide bonds. The first kappa shape index (κ1) is 14.9.